The third kappa shape index (κ3) is 3.63. The van der Waals surface area contributed by atoms with Crippen LogP contribution >= 0.6 is 0 Å². The summed E-state index contributed by atoms with van der Waals surface area (Å²) in [6.07, 6.45) is -3.65. The molecule has 2 saturated heterocycles. The smallest absolute Gasteiger partial charge is 0.416 e. The fourth-order valence-corrected chi connectivity index (χ4v) is 3.47. The number of halogens is 3. The molecule has 0 bridgehead atoms. The van der Waals surface area contributed by atoms with E-state index in [4.69, 9.17) is 0 Å². The first-order valence-corrected chi connectivity index (χ1v) is 8.57. The van der Waals surface area contributed by atoms with Gasteiger partial charge >= 0.3 is 12.1 Å². The quantitative estimate of drug-likeness (QED) is 0.869. The Kier molecular flexibility index (Phi) is 4.65. The second-order valence-electron chi connectivity index (χ2n) is 7.26. The van der Waals surface area contributed by atoms with Crippen molar-refractivity contribution in [1.82, 2.24) is 4.90 Å². The lowest BCUT2D eigenvalue weighted by molar-refractivity contribution is -0.147. The minimum Gasteiger partial charge on any atom is -0.481 e. The average molecular weight is 384 g/mol. The number of hydrogen-bond acceptors (Lipinski definition) is 3. The molecule has 0 aliphatic carbocycles. The standard InChI is InChI=1S/C18H19F3N2O4/c1-17(16(26)27)4-6-22(10-17)15(25)11-7-12(18(19,20)21)9-13(8-11)23-5-2-3-14(23)24/h7-9H,2-6,10H2,1H3,(H,26,27). The van der Waals surface area contributed by atoms with Crippen LogP contribution in [0.15, 0.2) is 18.2 Å². The van der Waals surface area contributed by atoms with Gasteiger partial charge in [-0.2, -0.15) is 13.2 Å². The van der Waals surface area contributed by atoms with Crippen LogP contribution in [-0.4, -0.2) is 47.4 Å². The number of nitrogens with zero attached hydrogens (tertiary/aromatic N) is 2. The van der Waals surface area contributed by atoms with Crippen molar-refractivity contribution in [3.8, 4) is 0 Å². The minimum absolute atomic E-state index is 0.0378. The Labute approximate surface area is 153 Å². The molecule has 0 radical (unpaired) electrons. The zero-order valence-electron chi connectivity index (χ0n) is 14.7. The molecule has 146 valence electrons. The molecular weight excluding hydrogens is 365 g/mol. The largest absolute Gasteiger partial charge is 0.481 e. The third-order valence-corrected chi connectivity index (χ3v) is 5.15. The summed E-state index contributed by atoms with van der Waals surface area (Å²) in [6.45, 7) is 1.88. The summed E-state index contributed by atoms with van der Waals surface area (Å²) in [5, 5.41) is 9.28. The Hall–Kier alpha value is -2.58. The van der Waals surface area contributed by atoms with Gasteiger partial charge in [-0.15, -0.1) is 0 Å². The minimum atomic E-state index is -4.67. The molecule has 1 aromatic rings. The molecule has 0 saturated carbocycles. The van der Waals surface area contributed by atoms with Gasteiger partial charge in [0.15, 0.2) is 0 Å². The van der Waals surface area contributed by atoms with E-state index in [0.29, 0.717) is 13.0 Å². The average Bonchev–Trinajstić information content (AvgIpc) is 3.20. The second-order valence-corrected chi connectivity index (χ2v) is 7.26. The normalized spacial score (nSPS) is 23.2. The van der Waals surface area contributed by atoms with Crippen LogP contribution in [0.3, 0.4) is 0 Å². The number of rotatable bonds is 3. The van der Waals surface area contributed by atoms with Gasteiger partial charge in [-0.25, -0.2) is 0 Å². The molecule has 2 heterocycles. The topological polar surface area (TPSA) is 77.9 Å². The van der Waals surface area contributed by atoms with Gasteiger partial charge < -0.3 is 14.9 Å². The Morgan fingerprint density at radius 2 is 1.89 bits per heavy atom. The predicted octanol–water partition coefficient (Wildman–Crippen LogP) is 2.77. The molecule has 1 aromatic carbocycles. The molecule has 2 fully saturated rings. The van der Waals surface area contributed by atoms with Gasteiger partial charge in [0.25, 0.3) is 5.91 Å². The number of carbonyl (C=O) groups excluding carboxylic acids is 2. The van der Waals surface area contributed by atoms with Gasteiger partial charge in [0.2, 0.25) is 5.91 Å². The molecular formula is C18H19F3N2O4. The number of anilines is 1. The monoisotopic (exact) mass is 384 g/mol. The first-order valence-electron chi connectivity index (χ1n) is 8.57. The van der Waals surface area contributed by atoms with Crippen LogP contribution in [0.5, 0.6) is 0 Å². The van der Waals surface area contributed by atoms with Gasteiger partial charge in [0.1, 0.15) is 0 Å². The highest BCUT2D eigenvalue weighted by Gasteiger charge is 2.43. The molecule has 1 N–H and O–H groups in total. The van der Waals surface area contributed by atoms with Gasteiger partial charge in [0, 0.05) is 37.3 Å². The molecule has 9 heteroatoms. The Balaban J connectivity index is 1.96. The van der Waals surface area contributed by atoms with Crippen LogP contribution < -0.4 is 4.90 Å². The van der Waals surface area contributed by atoms with Crippen molar-refractivity contribution in [2.75, 3.05) is 24.5 Å². The molecule has 6 nitrogen and oxygen atoms in total. The van der Waals surface area contributed by atoms with E-state index in [1.807, 2.05) is 0 Å². The van der Waals surface area contributed by atoms with Crippen LogP contribution in [0.2, 0.25) is 0 Å². The van der Waals surface area contributed by atoms with E-state index in [2.05, 4.69) is 0 Å². The number of benzene rings is 1. The van der Waals surface area contributed by atoms with Gasteiger partial charge in [-0.1, -0.05) is 0 Å². The van der Waals surface area contributed by atoms with E-state index in [-0.39, 0.29) is 43.1 Å². The second kappa shape index (κ2) is 6.54. The number of amides is 2. The van der Waals surface area contributed by atoms with Crippen molar-refractivity contribution < 1.29 is 32.7 Å². The number of likely N-dealkylation sites (tertiary alicyclic amines) is 1. The summed E-state index contributed by atoms with van der Waals surface area (Å²) < 4.78 is 39.9. The van der Waals surface area contributed by atoms with E-state index in [9.17, 15) is 32.7 Å². The van der Waals surface area contributed by atoms with Crippen molar-refractivity contribution in [2.45, 2.75) is 32.4 Å². The van der Waals surface area contributed by atoms with Crippen LogP contribution in [0.25, 0.3) is 0 Å². The number of carboxylic acids is 1. The van der Waals surface area contributed by atoms with Crippen molar-refractivity contribution >= 4 is 23.5 Å². The van der Waals surface area contributed by atoms with Crippen molar-refractivity contribution in [2.24, 2.45) is 5.41 Å². The lowest BCUT2D eigenvalue weighted by Crippen LogP contribution is -2.35. The molecule has 0 aromatic heterocycles. The number of aliphatic carboxylic acids is 1. The fourth-order valence-electron chi connectivity index (χ4n) is 3.47. The van der Waals surface area contributed by atoms with Gasteiger partial charge in [0.05, 0.1) is 11.0 Å². The van der Waals surface area contributed by atoms with Crippen LogP contribution in [0.4, 0.5) is 18.9 Å². The lowest BCUT2D eigenvalue weighted by Gasteiger charge is -2.22. The first-order chi connectivity index (χ1) is 12.5. The number of hydrogen-bond donors (Lipinski definition) is 1. The molecule has 2 aliphatic rings. The maximum atomic E-state index is 13.3. The number of carboxylic acid groups (broad SMARTS) is 1. The van der Waals surface area contributed by atoms with Gasteiger partial charge in [-0.05, 0) is 38.0 Å². The predicted molar refractivity (Wildman–Crippen MR) is 89.3 cm³/mol. The van der Waals surface area contributed by atoms with Crippen LogP contribution in [0.1, 0.15) is 42.1 Å². The molecule has 3 rings (SSSR count). The van der Waals surface area contributed by atoms with E-state index < -0.39 is 29.0 Å². The summed E-state index contributed by atoms with van der Waals surface area (Å²) in [4.78, 5) is 38.5. The fraction of sp³-hybridized carbons (Fsp3) is 0.500. The lowest BCUT2D eigenvalue weighted by atomic mass is 9.90. The molecule has 1 atom stereocenters. The summed E-state index contributed by atoms with van der Waals surface area (Å²) >= 11 is 0. The Morgan fingerprint density at radius 3 is 2.41 bits per heavy atom. The van der Waals surface area contributed by atoms with Crippen molar-refractivity contribution in [3.63, 3.8) is 0 Å². The summed E-state index contributed by atoms with van der Waals surface area (Å²) in [6, 6.07) is 2.89. The van der Waals surface area contributed by atoms with Crippen molar-refractivity contribution in [1.29, 1.82) is 0 Å². The highest BCUT2D eigenvalue weighted by molar-refractivity contribution is 5.99. The Morgan fingerprint density at radius 1 is 1.19 bits per heavy atom. The third-order valence-electron chi connectivity index (χ3n) is 5.15. The number of carbonyl (C=O) groups is 3. The summed E-state index contributed by atoms with van der Waals surface area (Å²) in [5.41, 5.74) is -2.29. The maximum absolute atomic E-state index is 13.3. The molecule has 2 amide bonds. The first kappa shape index (κ1) is 19.2. The molecule has 1 unspecified atom stereocenters. The molecule has 27 heavy (non-hydrogen) atoms. The van der Waals surface area contributed by atoms with E-state index in [1.54, 1.807) is 0 Å². The maximum Gasteiger partial charge on any atom is 0.416 e. The van der Waals surface area contributed by atoms with E-state index >= 15 is 0 Å². The molecule has 2 aliphatic heterocycles. The SMILES string of the molecule is CC1(C(=O)O)CCN(C(=O)c2cc(N3CCCC3=O)cc(C(F)(F)F)c2)C1. The van der Waals surface area contributed by atoms with Crippen molar-refractivity contribution in [3.05, 3.63) is 29.3 Å². The summed E-state index contributed by atoms with van der Waals surface area (Å²) in [7, 11) is 0. The van der Waals surface area contributed by atoms with E-state index in [0.717, 1.165) is 12.1 Å². The van der Waals surface area contributed by atoms with Crippen LogP contribution in [0, 0.1) is 5.41 Å². The summed E-state index contributed by atoms with van der Waals surface area (Å²) in [5.74, 6) is -2.00. The van der Waals surface area contributed by atoms with E-state index in [1.165, 1.54) is 22.8 Å². The zero-order valence-corrected chi connectivity index (χ0v) is 14.7. The molecule has 0 spiro atoms. The number of alkyl halides is 3. The Bertz CT molecular complexity index is 808. The zero-order chi connectivity index (χ0) is 20.0. The highest BCUT2D eigenvalue weighted by Crippen LogP contribution is 2.36. The van der Waals surface area contributed by atoms with Crippen LogP contribution in [-0.2, 0) is 15.8 Å². The van der Waals surface area contributed by atoms with Gasteiger partial charge in [-0.3, -0.25) is 14.4 Å². The highest BCUT2D eigenvalue weighted by atomic mass is 19.4.